The van der Waals surface area contributed by atoms with Crippen molar-refractivity contribution in [1.82, 2.24) is 0 Å². The molecule has 0 heterocycles. The fraction of sp³-hybridized carbons (Fsp3) is 0.865. The van der Waals surface area contributed by atoms with Crippen LogP contribution in [0.1, 0.15) is 113 Å². The molecule has 7 heteroatoms. The number of likely N-dealkylation sites (N-methyl/N-ethyl adjacent to an activating group) is 1. The molecule has 0 aliphatic heterocycles. The van der Waals surface area contributed by atoms with Gasteiger partial charge in [-0.05, 0) is 102 Å². The minimum absolute atomic E-state index is 0. The Bertz CT molecular complexity index is 1220. The highest BCUT2D eigenvalue weighted by molar-refractivity contribution is 6.06. The summed E-state index contributed by atoms with van der Waals surface area (Å²) < 4.78 is 12.7. The van der Waals surface area contributed by atoms with Gasteiger partial charge in [0.2, 0.25) is 0 Å². The maximum atomic E-state index is 14.1. The van der Waals surface area contributed by atoms with Crippen LogP contribution < -0.4 is 17.0 Å². The lowest BCUT2D eigenvalue weighted by Crippen LogP contribution is -3.00. The molecule has 0 saturated heterocycles. The predicted molar refractivity (Wildman–Crippen MR) is 169 cm³/mol. The van der Waals surface area contributed by atoms with Crippen molar-refractivity contribution in [2.75, 3.05) is 34.3 Å². The van der Waals surface area contributed by atoms with Crippen LogP contribution >= 0.6 is 0 Å². The standard InChI is InChI=1S/C37H60NO5.BrH/c1-23(2)30-26(40)22-37(32(41)42-21-20-38(9,10)11)19-18-35(7)25(31(30)37)12-13-28-34(6)16-15-29(43-24(3)39)33(4,5)27(34)14-17-36(28,35)8;/h23,25,27-29H,12-22H2,1-11H3;1H/q+1;/p-1. The van der Waals surface area contributed by atoms with Gasteiger partial charge in [0.05, 0.1) is 26.6 Å². The molecular formula is C37H60BrNO5. The third-order valence-corrected chi connectivity index (χ3v) is 14.1. The number of carbonyl (C=O) groups excluding carboxylic acids is 3. The zero-order valence-corrected chi connectivity index (χ0v) is 31.1. The first-order valence-corrected chi connectivity index (χ1v) is 17.2. The normalized spacial score (nSPS) is 41.1. The Kier molecular flexibility index (Phi) is 9.31. The summed E-state index contributed by atoms with van der Waals surface area (Å²) >= 11 is 0. The average molecular weight is 679 g/mol. The minimum atomic E-state index is -0.792. The van der Waals surface area contributed by atoms with Gasteiger partial charge in [0.25, 0.3) is 0 Å². The Morgan fingerprint density at radius 3 is 2.14 bits per heavy atom. The molecular weight excluding hydrogens is 618 g/mol. The lowest BCUT2D eigenvalue weighted by atomic mass is 9.33. The number of quaternary nitrogens is 1. The van der Waals surface area contributed by atoms with E-state index < -0.39 is 5.41 Å². The summed E-state index contributed by atoms with van der Waals surface area (Å²) in [5, 5.41) is 0. The molecule has 0 spiro atoms. The second-order valence-electron chi connectivity index (χ2n) is 17.9. The Balaban J connectivity index is 0.00000442. The van der Waals surface area contributed by atoms with E-state index in [9.17, 15) is 14.4 Å². The molecule has 8 atom stereocenters. The van der Waals surface area contributed by atoms with Crippen LogP contribution in [0.5, 0.6) is 0 Å². The quantitative estimate of drug-likeness (QED) is 0.312. The van der Waals surface area contributed by atoms with E-state index in [0.29, 0.717) is 24.9 Å². The fourth-order valence-electron chi connectivity index (χ4n) is 11.8. The predicted octanol–water partition coefficient (Wildman–Crippen LogP) is 4.15. The highest BCUT2D eigenvalue weighted by Crippen LogP contribution is 2.76. The summed E-state index contributed by atoms with van der Waals surface area (Å²) in [5.74, 6) is 1.22. The highest BCUT2D eigenvalue weighted by Gasteiger charge is 2.71. The molecule has 8 unspecified atom stereocenters. The van der Waals surface area contributed by atoms with E-state index in [1.807, 2.05) is 0 Å². The number of hydrogen-bond donors (Lipinski definition) is 0. The molecule has 0 bridgehead atoms. The molecule has 0 aromatic heterocycles. The fourth-order valence-corrected chi connectivity index (χ4v) is 11.8. The Hall–Kier alpha value is -1.21. The number of Topliss-reactive ketones (excluding diaryl/α,β-unsaturated/α-hetero) is 1. The third-order valence-electron chi connectivity index (χ3n) is 14.1. The number of nitrogens with zero attached hydrogens (tertiary/aromatic N) is 1. The number of halogens is 1. The third kappa shape index (κ3) is 5.17. The van der Waals surface area contributed by atoms with E-state index in [4.69, 9.17) is 9.47 Å². The van der Waals surface area contributed by atoms with Gasteiger partial charge in [-0.2, -0.15) is 0 Å². The van der Waals surface area contributed by atoms with Crippen LogP contribution in [0.15, 0.2) is 11.1 Å². The summed E-state index contributed by atoms with van der Waals surface area (Å²) in [6.07, 6.45) is 8.35. The first-order chi connectivity index (χ1) is 19.7. The maximum absolute atomic E-state index is 14.1. The number of allylic oxidation sites excluding steroid dienone is 1. The van der Waals surface area contributed by atoms with Crippen molar-refractivity contribution in [3.05, 3.63) is 11.1 Å². The molecule has 250 valence electrons. The van der Waals surface area contributed by atoms with Crippen LogP contribution in [0, 0.1) is 50.7 Å². The van der Waals surface area contributed by atoms with E-state index >= 15 is 0 Å². The van der Waals surface area contributed by atoms with Gasteiger partial charge in [-0.25, -0.2) is 0 Å². The number of esters is 2. The second kappa shape index (κ2) is 11.5. The number of carbonyl (C=O) groups is 3. The number of hydrogen-bond acceptors (Lipinski definition) is 5. The van der Waals surface area contributed by atoms with E-state index in [2.05, 4.69) is 69.6 Å². The Labute approximate surface area is 277 Å². The van der Waals surface area contributed by atoms with Gasteiger partial charge < -0.3 is 30.9 Å². The van der Waals surface area contributed by atoms with Crippen molar-refractivity contribution in [3.63, 3.8) is 0 Å². The largest absolute Gasteiger partial charge is 1.00 e. The summed E-state index contributed by atoms with van der Waals surface area (Å²) in [6, 6.07) is 0. The molecule has 0 N–H and O–H groups in total. The van der Waals surface area contributed by atoms with Crippen LogP contribution in [-0.2, 0) is 23.9 Å². The van der Waals surface area contributed by atoms with E-state index in [1.165, 1.54) is 5.57 Å². The van der Waals surface area contributed by atoms with Crippen LogP contribution in [0.3, 0.4) is 0 Å². The number of rotatable bonds is 6. The van der Waals surface area contributed by atoms with Gasteiger partial charge in [0.1, 0.15) is 19.3 Å². The average Bonchev–Trinajstić information content (AvgIpc) is 3.18. The Morgan fingerprint density at radius 2 is 1.55 bits per heavy atom. The van der Waals surface area contributed by atoms with E-state index in [0.717, 1.165) is 61.5 Å². The summed E-state index contributed by atoms with van der Waals surface area (Å²) in [6.45, 7) is 19.2. The first-order valence-electron chi connectivity index (χ1n) is 17.2. The molecule has 5 aliphatic carbocycles. The second-order valence-corrected chi connectivity index (χ2v) is 17.9. The van der Waals surface area contributed by atoms with Gasteiger partial charge in [-0.3, -0.25) is 14.4 Å². The minimum Gasteiger partial charge on any atom is -1.00 e. The lowest BCUT2D eigenvalue weighted by Gasteiger charge is -2.72. The maximum Gasteiger partial charge on any atom is 0.316 e. The number of fused-ring (bicyclic) bond motifs is 7. The molecule has 6 nitrogen and oxygen atoms in total. The molecule has 0 radical (unpaired) electrons. The van der Waals surface area contributed by atoms with Gasteiger partial charge in [-0.15, -0.1) is 0 Å². The van der Waals surface area contributed by atoms with Crippen LogP contribution in [0.25, 0.3) is 0 Å². The molecule has 4 saturated carbocycles. The van der Waals surface area contributed by atoms with Crippen molar-refractivity contribution in [2.24, 2.45) is 50.7 Å². The van der Waals surface area contributed by atoms with E-state index in [1.54, 1.807) is 6.92 Å². The smallest absolute Gasteiger partial charge is 0.316 e. The van der Waals surface area contributed by atoms with Crippen molar-refractivity contribution in [1.29, 1.82) is 0 Å². The van der Waals surface area contributed by atoms with Crippen molar-refractivity contribution in [3.8, 4) is 0 Å². The van der Waals surface area contributed by atoms with Gasteiger partial charge >= 0.3 is 11.9 Å². The van der Waals surface area contributed by atoms with Gasteiger partial charge in [0, 0.05) is 18.8 Å². The zero-order valence-electron chi connectivity index (χ0n) is 29.5. The molecule has 5 aliphatic rings. The monoisotopic (exact) mass is 677 g/mol. The van der Waals surface area contributed by atoms with Crippen LogP contribution in [0.4, 0.5) is 0 Å². The van der Waals surface area contributed by atoms with Crippen molar-refractivity contribution >= 4 is 17.7 Å². The van der Waals surface area contributed by atoms with Crippen molar-refractivity contribution in [2.45, 2.75) is 119 Å². The van der Waals surface area contributed by atoms with Crippen molar-refractivity contribution < 1.29 is 45.3 Å². The molecule has 0 amide bonds. The van der Waals surface area contributed by atoms with Crippen LogP contribution in [0.2, 0.25) is 0 Å². The zero-order chi connectivity index (χ0) is 32.0. The van der Waals surface area contributed by atoms with Gasteiger partial charge in [0.15, 0.2) is 5.78 Å². The summed E-state index contributed by atoms with van der Waals surface area (Å²) in [7, 11) is 6.33. The molecule has 4 fully saturated rings. The summed E-state index contributed by atoms with van der Waals surface area (Å²) in [4.78, 5) is 39.9. The Morgan fingerprint density at radius 1 is 0.886 bits per heavy atom. The molecule has 44 heavy (non-hydrogen) atoms. The highest BCUT2D eigenvalue weighted by atomic mass is 79.9. The summed E-state index contributed by atoms with van der Waals surface area (Å²) in [5.41, 5.74) is 1.52. The number of ketones is 1. The first kappa shape index (κ1) is 35.6. The SMILES string of the molecule is CC(=O)OC1CCC2(C)C(CCC3(C)C2CCC2C4=C(C(C)C)C(=O)CC4(C(=O)OCC[N+](C)(C)C)CCC23C)C1(C)C.[Br-]. The molecule has 0 aromatic rings. The number of ether oxygens (including phenoxy) is 2. The van der Waals surface area contributed by atoms with Gasteiger partial charge in [-0.1, -0.05) is 48.5 Å². The molecule has 5 rings (SSSR count). The van der Waals surface area contributed by atoms with E-state index in [-0.39, 0.29) is 80.7 Å². The topological polar surface area (TPSA) is 69.7 Å². The lowest BCUT2D eigenvalue weighted by molar-refractivity contribution is -0.870. The molecule has 0 aromatic carbocycles. The van der Waals surface area contributed by atoms with Crippen LogP contribution in [-0.4, -0.2) is 62.6 Å².